The quantitative estimate of drug-likeness (QED) is 0.592. The number of hydrogen-bond donors (Lipinski definition) is 0. The molecule has 0 N–H and O–H groups in total. The van der Waals surface area contributed by atoms with Gasteiger partial charge in [0.15, 0.2) is 0 Å². The molecule has 0 spiro atoms. The minimum atomic E-state index is -5.06. The van der Waals surface area contributed by atoms with Crippen LogP contribution in [-0.4, -0.2) is 0 Å². The summed E-state index contributed by atoms with van der Waals surface area (Å²) in [6.45, 7) is 0.923. The zero-order valence-corrected chi connectivity index (χ0v) is 7.35. The number of rotatable bonds is 0. The molecule has 0 fully saturated rings. The van der Waals surface area contributed by atoms with Gasteiger partial charge < -0.3 is 0 Å². The molecule has 0 saturated heterocycles. The van der Waals surface area contributed by atoms with Crippen molar-refractivity contribution in [1.29, 1.82) is 0 Å². The molecule has 0 atom stereocenters. The maximum absolute atomic E-state index is 12.3. The van der Waals surface area contributed by atoms with E-state index in [2.05, 4.69) is 0 Å². The minimum absolute atomic E-state index is 0.589. The van der Waals surface area contributed by atoms with E-state index >= 15 is 0 Å². The van der Waals surface area contributed by atoms with Crippen molar-refractivity contribution in [3.63, 3.8) is 0 Å². The van der Waals surface area contributed by atoms with Crippen molar-refractivity contribution < 1.29 is 26.3 Å². The molecule has 0 heterocycles. The molecule has 1 aromatic carbocycles. The molecule has 15 heavy (non-hydrogen) atoms. The van der Waals surface area contributed by atoms with E-state index in [4.69, 9.17) is 0 Å². The van der Waals surface area contributed by atoms with Crippen molar-refractivity contribution in [1.82, 2.24) is 0 Å². The Morgan fingerprint density at radius 3 is 1.80 bits per heavy atom. The summed E-state index contributed by atoms with van der Waals surface area (Å²) >= 11 is 0. The number of alkyl halides is 6. The number of hydrogen-bond acceptors (Lipinski definition) is 0. The third kappa shape index (κ3) is 2.43. The average molecular weight is 226 g/mol. The maximum Gasteiger partial charge on any atom is 0.417 e. The minimum Gasteiger partial charge on any atom is -0.166 e. The van der Waals surface area contributed by atoms with Crippen LogP contribution in [0.15, 0.2) is 6.07 Å². The van der Waals surface area contributed by atoms with Gasteiger partial charge in [0.25, 0.3) is 0 Å². The largest absolute Gasteiger partial charge is 0.417 e. The Balaban J connectivity index is 3.48. The third-order valence-electron chi connectivity index (χ3n) is 1.70. The van der Waals surface area contributed by atoms with Gasteiger partial charge in [0, 0.05) is 0 Å². The van der Waals surface area contributed by atoms with Gasteiger partial charge in [-0.3, -0.25) is 0 Å². The van der Waals surface area contributed by atoms with E-state index in [1.54, 1.807) is 0 Å². The fourth-order valence-electron chi connectivity index (χ4n) is 1.13. The first-order valence-electron chi connectivity index (χ1n) is 3.71. The highest BCUT2D eigenvalue weighted by atomic mass is 19.4. The lowest BCUT2D eigenvalue weighted by molar-refractivity contribution is -0.162. The number of halogens is 6. The molecule has 0 saturated carbocycles. The van der Waals surface area contributed by atoms with Crippen LogP contribution in [0.2, 0.25) is 0 Å². The van der Waals surface area contributed by atoms with Crippen LogP contribution in [0.1, 0.15) is 16.7 Å². The summed E-state index contributed by atoms with van der Waals surface area (Å²) in [5, 5.41) is 0. The molecule has 0 aliphatic carbocycles. The topological polar surface area (TPSA) is 0 Å². The van der Waals surface area contributed by atoms with E-state index in [-0.39, 0.29) is 0 Å². The predicted octanol–water partition coefficient (Wildman–Crippen LogP) is 3.63. The summed E-state index contributed by atoms with van der Waals surface area (Å²) in [5.74, 6) is 0. The monoisotopic (exact) mass is 226 g/mol. The van der Waals surface area contributed by atoms with Crippen LogP contribution in [0.4, 0.5) is 26.3 Å². The second-order valence-corrected chi connectivity index (χ2v) is 2.80. The van der Waals surface area contributed by atoms with Gasteiger partial charge in [0.05, 0.1) is 11.1 Å². The molecular weight excluding hydrogens is 222 g/mol. The highest BCUT2D eigenvalue weighted by Crippen LogP contribution is 2.41. The Bertz CT molecular complexity index is 360. The molecule has 0 bridgehead atoms. The smallest absolute Gasteiger partial charge is 0.166 e. The molecule has 6 heteroatoms. The molecule has 0 aliphatic heterocycles. The first kappa shape index (κ1) is 11.9. The van der Waals surface area contributed by atoms with Gasteiger partial charge in [-0.25, -0.2) is 0 Å². The van der Waals surface area contributed by atoms with Crippen molar-refractivity contribution in [3.05, 3.63) is 34.9 Å². The molecule has 0 nitrogen and oxygen atoms in total. The number of benzene rings is 1. The standard InChI is InChI=1S/C9H4F6/c1-5-3-2-4-6(8(10,11)12)7(5)9(13,14)15/h2H,1H3. The van der Waals surface area contributed by atoms with Crippen LogP contribution in [-0.2, 0) is 12.4 Å². The number of aryl methyl sites for hydroxylation is 1. The molecule has 2 radical (unpaired) electrons. The molecule has 1 aromatic rings. The van der Waals surface area contributed by atoms with Crippen LogP contribution in [0.25, 0.3) is 0 Å². The van der Waals surface area contributed by atoms with E-state index in [1.807, 2.05) is 6.07 Å². The van der Waals surface area contributed by atoms with Gasteiger partial charge >= 0.3 is 12.4 Å². The molecule has 0 unspecified atom stereocenters. The molecule has 1 rings (SSSR count). The van der Waals surface area contributed by atoms with Crippen LogP contribution in [0.3, 0.4) is 0 Å². The highest BCUT2D eigenvalue weighted by Gasteiger charge is 2.44. The maximum atomic E-state index is 12.3. The first-order valence-corrected chi connectivity index (χ1v) is 3.71. The van der Waals surface area contributed by atoms with Gasteiger partial charge in [0.2, 0.25) is 0 Å². The normalized spacial score (nSPS) is 13.0. The van der Waals surface area contributed by atoms with Gasteiger partial charge in [-0.05, 0) is 30.7 Å². The Labute approximate surface area is 81.5 Å². The molecule has 0 amide bonds. The second kappa shape index (κ2) is 3.43. The van der Waals surface area contributed by atoms with Crippen LogP contribution in [0, 0.1) is 19.1 Å². The summed E-state index contributed by atoms with van der Waals surface area (Å²) < 4.78 is 73.5. The van der Waals surface area contributed by atoms with Gasteiger partial charge in [0.1, 0.15) is 0 Å². The zero-order chi connectivity index (χ0) is 11.9. The lowest BCUT2D eigenvalue weighted by Gasteiger charge is -2.16. The Morgan fingerprint density at radius 2 is 1.47 bits per heavy atom. The molecule has 0 aliphatic rings. The Kier molecular flexibility index (Phi) is 2.71. The van der Waals surface area contributed by atoms with Crippen molar-refractivity contribution in [2.75, 3.05) is 0 Å². The van der Waals surface area contributed by atoms with Crippen LogP contribution >= 0.6 is 0 Å². The van der Waals surface area contributed by atoms with Gasteiger partial charge in [-0.1, -0.05) is 0 Å². The SMILES string of the molecule is Cc1[c]c[c]c(C(F)(F)F)c1C(F)(F)F. The van der Waals surface area contributed by atoms with Crippen molar-refractivity contribution in [2.24, 2.45) is 0 Å². The first-order chi connectivity index (χ1) is 6.64. The molecule has 0 aromatic heterocycles. The van der Waals surface area contributed by atoms with E-state index < -0.39 is 29.0 Å². The van der Waals surface area contributed by atoms with E-state index in [9.17, 15) is 26.3 Å². The average Bonchev–Trinajstić information content (AvgIpc) is 1.99. The summed E-state index contributed by atoms with van der Waals surface area (Å²) in [6.07, 6.45) is -10.1. The van der Waals surface area contributed by atoms with Gasteiger partial charge in [-0.2, -0.15) is 26.3 Å². The summed E-state index contributed by atoms with van der Waals surface area (Å²) in [4.78, 5) is 0. The summed E-state index contributed by atoms with van der Waals surface area (Å²) in [5.41, 5.74) is -4.11. The van der Waals surface area contributed by atoms with Crippen molar-refractivity contribution >= 4 is 0 Å². The van der Waals surface area contributed by atoms with E-state index in [0.29, 0.717) is 6.07 Å². The molecule has 82 valence electrons. The predicted molar refractivity (Wildman–Crippen MR) is 38.9 cm³/mol. The lowest BCUT2D eigenvalue weighted by Crippen LogP contribution is -2.18. The van der Waals surface area contributed by atoms with Crippen LogP contribution in [0.5, 0.6) is 0 Å². The van der Waals surface area contributed by atoms with Gasteiger partial charge in [-0.15, -0.1) is 0 Å². The van der Waals surface area contributed by atoms with Crippen LogP contribution < -0.4 is 0 Å². The second-order valence-electron chi connectivity index (χ2n) is 2.80. The fourth-order valence-corrected chi connectivity index (χ4v) is 1.13. The third-order valence-corrected chi connectivity index (χ3v) is 1.70. The fraction of sp³-hybridized carbons (Fsp3) is 0.333. The Morgan fingerprint density at radius 1 is 0.933 bits per heavy atom. The lowest BCUT2D eigenvalue weighted by atomic mass is 10.0. The highest BCUT2D eigenvalue weighted by molar-refractivity contribution is 5.37. The summed E-state index contributed by atoms with van der Waals surface area (Å²) in [6, 6.07) is 4.27. The van der Waals surface area contributed by atoms with Crippen molar-refractivity contribution in [2.45, 2.75) is 19.3 Å². The zero-order valence-electron chi connectivity index (χ0n) is 7.35. The Hall–Kier alpha value is -1.20. The van der Waals surface area contributed by atoms with E-state index in [1.165, 1.54) is 6.07 Å². The summed E-state index contributed by atoms with van der Waals surface area (Å²) in [7, 11) is 0. The van der Waals surface area contributed by atoms with Crippen molar-refractivity contribution in [3.8, 4) is 0 Å². The molecular formula is C9H4F6. The van der Waals surface area contributed by atoms with E-state index in [0.717, 1.165) is 6.92 Å².